The maximum absolute atomic E-state index is 5.88. The van der Waals surface area contributed by atoms with Crippen LogP contribution in [0.3, 0.4) is 0 Å². The Hall–Kier alpha value is -1.16. The van der Waals surface area contributed by atoms with E-state index in [2.05, 4.69) is 11.2 Å². The highest BCUT2D eigenvalue weighted by atomic mass is 32.2. The number of hydrogen-bond donors (Lipinski definition) is 1. The van der Waals surface area contributed by atoms with Gasteiger partial charge in [0.25, 0.3) is 0 Å². The van der Waals surface area contributed by atoms with Crippen LogP contribution in [0.1, 0.15) is 23.8 Å². The highest BCUT2D eigenvalue weighted by Gasteiger charge is 2.20. The summed E-state index contributed by atoms with van der Waals surface area (Å²) in [5.41, 5.74) is 8.70. The lowest BCUT2D eigenvalue weighted by atomic mass is 10.2. The van der Waals surface area contributed by atoms with E-state index < -0.39 is 0 Å². The number of aromatic nitrogens is 2. The van der Waals surface area contributed by atoms with Crippen molar-refractivity contribution in [1.82, 2.24) is 9.38 Å². The van der Waals surface area contributed by atoms with E-state index in [0.717, 1.165) is 11.3 Å². The Morgan fingerprint density at radius 1 is 1.53 bits per heavy atom. The average Bonchev–Trinajstić information content (AvgIpc) is 2.86. The van der Waals surface area contributed by atoms with E-state index in [1.54, 1.807) is 0 Å². The number of pyridine rings is 1. The van der Waals surface area contributed by atoms with Crippen molar-refractivity contribution in [2.45, 2.75) is 18.1 Å². The van der Waals surface area contributed by atoms with E-state index in [4.69, 9.17) is 5.73 Å². The number of nitrogens with two attached hydrogens (primary N) is 1. The number of hydrogen-bond acceptors (Lipinski definition) is 3. The third-order valence-corrected chi connectivity index (χ3v) is 4.20. The second-order valence-electron chi connectivity index (χ2n) is 3.86. The highest BCUT2D eigenvalue weighted by molar-refractivity contribution is 7.99. The van der Waals surface area contributed by atoms with Gasteiger partial charge in [-0.3, -0.25) is 0 Å². The minimum atomic E-state index is 0.573. The third kappa shape index (κ3) is 1.49. The molecule has 1 fully saturated rings. The summed E-state index contributed by atoms with van der Waals surface area (Å²) in [5.74, 6) is 1.26. The summed E-state index contributed by atoms with van der Waals surface area (Å²) >= 11 is 2.00. The molecule has 4 heteroatoms. The predicted molar refractivity (Wildman–Crippen MR) is 64.0 cm³/mol. The molecule has 2 aromatic rings. The first-order valence-electron chi connectivity index (χ1n) is 5.19. The van der Waals surface area contributed by atoms with Gasteiger partial charge in [0.1, 0.15) is 0 Å². The minimum absolute atomic E-state index is 0.573. The van der Waals surface area contributed by atoms with Gasteiger partial charge >= 0.3 is 0 Å². The highest BCUT2D eigenvalue weighted by Crippen LogP contribution is 2.39. The van der Waals surface area contributed by atoms with Crippen LogP contribution < -0.4 is 5.73 Å². The van der Waals surface area contributed by atoms with Crippen molar-refractivity contribution >= 4 is 23.1 Å². The predicted octanol–water partition coefficient (Wildman–Crippen LogP) is 2.48. The third-order valence-electron chi connectivity index (χ3n) is 2.79. The standard InChI is InChI=1S/C11H13N3S/c12-8-3-1-5-14-7-9(13-11(8)14)10-4-2-6-15-10/h1,3,5,7,10H,2,4,6,12H2. The summed E-state index contributed by atoms with van der Waals surface area (Å²) < 4.78 is 2.02. The Morgan fingerprint density at radius 3 is 3.20 bits per heavy atom. The van der Waals surface area contributed by atoms with Crippen molar-refractivity contribution in [3.63, 3.8) is 0 Å². The first-order chi connectivity index (χ1) is 7.34. The zero-order valence-electron chi connectivity index (χ0n) is 8.39. The van der Waals surface area contributed by atoms with Crippen LogP contribution in [0.4, 0.5) is 5.69 Å². The van der Waals surface area contributed by atoms with Crippen molar-refractivity contribution in [2.75, 3.05) is 11.5 Å². The minimum Gasteiger partial charge on any atom is -0.396 e. The van der Waals surface area contributed by atoms with Crippen LogP contribution in [-0.2, 0) is 0 Å². The van der Waals surface area contributed by atoms with Gasteiger partial charge in [-0.1, -0.05) is 0 Å². The fraction of sp³-hybridized carbons (Fsp3) is 0.364. The average molecular weight is 219 g/mol. The zero-order valence-corrected chi connectivity index (χ0v) is 9.20. The molecule has 3 rings (SSSR count). The van der Waals surface area contributed by atoms with Gasteiger partial charge in [0.2, 0.25) is 0 Å². The van der Waals surface area contributed by atoms with E-state index in [1.807, 2.05) is 34.5 Å². The fourth-order valence-corrected chi connectivity index (χ4v) is 3.26. The molecule has 3 heterocycles. The molecule has 0 bridgehead atoms. The van der Waals surface area contributed by atoms with Gasteiger partial charge in [-0.25, -0.2) is 4.98 Å². The largest absolute Gasteiger partial charge is 0.396 e. The first kappa shape index (κ1) is 9.09. The fourth-order valence-electron chi connectivity index (χ4n) is 2.02. The van der Waals surface area contributed by atoms with Crippen LogP contribution in [0.15, 0.2) is 24.5 Å². The maximum atomic E-state index is 5.88. The second kappa shape index (κ2) is 3.45. The lowest BCUT2D eigenvalue weighted by Gasteiger charge is -2.01. The molecule has 0 radical (unpaired) electrons. The van der Waals surface area contributed by atoms with Crippen LogP contribution >= 0.6 is 11.8 Å². The van der Waals surface area contributed by atoms with Crippen molar-refractivity contribution in [2.24, 2.45) is 0 Å². The van der Waals surface area contributed by atoms with Crippen LogP contribution in [0, 0.1) is 0 Å². The monoisotopic (exact) mass is 219 g/mol. The summed E-state index contributed by atoms with van der Waals surface area (Å²) in [7, 11) is 0. The first-order valence-corrected chi connectivity index (χ1v) is 6.24. The van der Waals surface area contributed by atoms with Crippen molar-refractivity contribution in [3.05, 3.63) is 30.2 Å². The van der Waals surface area contributed by atoms with Gasteiger partial charge in [0, 0.05) is 17.6 Å². The molecule has 1 atom stereocenters. The Balaban J connectivity index is 2.09. The number of rotatable bonds is 1. The molecule has 78 valence electrons. The molecule has 1 aliphatic heterocycles. The molecule has 1 saturated heterocycles. The molecular formula is C11H13N3S. The lowest BCUT2D eigenvalue weighted by Crippen LogP contribution is -1.90. The Morgan fingerprint density at radius 2 is 2.47 bits per heavy atom. The number of nitrogens with zero attached hydrogens (tertiary/aromatic N) is 2. The SMILES string of the molecule is Nc1cccn2cc(C3CCCS3)nc12. The lowest BCUT2D eigenvalue weighted by molar-refractivity contribution is 0.813. The smallest absolute Gasteiger partial charge is 0.160 e. The molecule has 1 aliphatic rings. The number of thioether (sulfide) groups is 1. The van der Waals surface area contributed by atoms with Crippen LogP contribution in [0.25, 0.3) is 5.65 Å². The molecule has 3 nitrogen and oxygen atoms in total. The molecule has 0 aromatic carbocycles. The molecular weight excluding hydrogens is 206 g/mol. The molecule has 2 N–H and O–H groups in total. The summed E-state index contributed by atoms with van der Waals surface area (Å²) in [5, 5.41) is 0.573. The topological polar surface area (TPSA) is 43.3 Å². The van der Waals surface area contributed by atoms with E-state index in [9.17, 15) is 0 Å². The van der Waals surface area contributed by atoms with Gasteiger partial charge in [0.05, 0.1) is 11.4 Å². The summed E-state index contributed by atoms with van der Waals surface area (Å²) in [4.78, 5) is 4.61. The maximum Gasteiger partial charge on any atom is 0.160 e. The Kier molecular flexibility index (Phi) is 2.09. The van der Waals surface area contributed by atoms with Gasteiger partial charge in [-0.2, -0.15) is 11.8 Å². The quantitative estimate of drug-likeness (QED) is 0.801. The second-order valence-corrected chi connectivity index (χ2v) is 5.17. The van der Waals surface area contributed by atoms with Gasteiger partial charge in [-0.05, 0) is 30.7 Å². The molecule has 0 saturated carbocycles. The van der Waals surface area contributed by atoms with Crippen molar-refractivity contribution in [3.8, 4) is 0 Å². The van der Waals surface area contributed by atoms with E-state index >= 15 is 0 Å². The van der Waals surface area contributed by atoms with Crippen LogP contribution in [-0.4, -0.2) is 15.1 Å². The number of fused-ring (bicyclic) bond motifs is 1. The molecule has 0 aliphatic carbocycles. The van der Waals surface area contributed by atoms with E-state index in [-0.39, 0.29) is 0 Å². The number of nitrogen functional groups attached to an aromatic ring is 1. The molecule has 2 aromatic heterocycles. The zero-order chi connectivity index (χ0) is 10.3. The van der Waals surface area contributed by atoms with E-state index in [0.29, 0.717) is 5.25 Å². The summed E-state index contributed by atoms with van der Waals surface area (Å²) in [6.07, 6.45) is 6.66. The number of anilines is 1. The Bertz CT molecular complexity index is 486. The van der Waals surface area contributed by atoms with Crippen molar-refractivity contribution in [1.29, 1.82) is 0 Å². The van der Waals surface area contributed by atoms with Crippen LogP contribution in [0.2, 0.25) is 0 Å². The molecule has 15 heavy (non-hydrogen) atoms. The number of imidazole rings is 1. The normalized spacial score (nSPS) is 21.2. The Labute approximate surface area is 92.7 Å². The summed E-state index contributed by atoms with van der Waals surface area (Å²) in [6, 6.07) is 3.85. The molecule has 0 spiro atoms. The summed E-state index contributed by atoms with van der Waals surface area (Å²) in [6.45, 7) is 0. The molecule has 0 amide bonds. The van der Waals surface area contributed by atoms with Crippen molar-refractivity contribution < 1.29 is 0 Å². The van der Waals surface area contributed by atoms with Crippen LogP contribution in [0.5, 0.6) is 0 Å². The van der Waals surface area contributed by atoms with E-state index in [1.165, 1.54) is 24.3 Å². The van der Waals surface area contributed by atoms with Gasteiger partial charge < -0.3 is 10.1 Å². The molecule has 1 unspecified atom stereocenters. The van der Waals surface area contributed by atoms with Gasteiger partial charge in [0.15, 0.2) is 5.65 Å². The van der Waals surface area contributed by atoms with Gasteiger partial charge in [-0.15, -0.1) is 0 Å².